The zero-order valence-corrected chi connectivity index (χ0v) is 10.2. The van der Waals surface area contributed by atoms with Gasteiger partial charge in [-0.2, -0.15) is 5.10 Å². The summed E-state index contributed by atoms with van der Waals surface area (Å²) in [5, 5.41) is 12.9. The number of hydrogen-bond acceptors (Lipinski definition) is 2. The van der Waals surface area contributed by atoms with Crippen LogP contribution in [-0.2, 0) is 5.54 Å². The topological polar surface area (TPSA) is 55.1 Å². The van der Waals surface area contributed by atoms with Crippen LogP contribution in [0.2, 0.25) is 0 Å². The molecule has 1 heterocycles. The number of carboxylic acids is 1. The molecule has 4 nitrogen and oxygen atoms in total. The van der Waals surface area contributed by atoms with E-state index >= 15 is 0 Å². The highest BCUT2D eigenvalue weighted by Gasteiger charge is 2.24. The molecule has 0 radical (unpaired) electrons. The van der Waals surface area contributed by atoms with Gasteiger partial charge in [0, 0.05) is 0 Å². The highest BCUT2D eigenvalue weighted by molar-refractivity contribution is 9.10. The highest BCUT2D eigenvalue weighted by Crippen LogP contribution is 2.25. The number of carboxylic acid groups (broad SMARTS) is 1. The third kappa shape index (κ3) is 1.82. The second kappa shape index (κ2) is 3.38. The Balaban J connectivity index is 3.37. The van der Waals surface area contributed by atoms with Gasteiger partial charge in [0.2, 0.25) is 0 Å². The Morgan fingerprint density at radius 1 is 1.50 bits per heavy atom. The van der Waals surface area contributed by atoms with E-state index in [0.29, 0.717) is 4.47 Å². The van der Waals surface area contributed by atoms with Gasteiger partial charge in [-0.15, -0.1) is 0 Å². The predicted octanol–water partition coefficient (Wildman–Crippen LogP) is 2.41. The Morgan fingerprint density at radius 3 is 2.21 bits per heavy atom. The van der Waals surface area contributed by atoms with E-state index in [-0.39, 0.29) is 11.2 Å². The van der Waals surface area contributed by atoms with Gasteiger partial charge < -0.3 is 5.11 Å². The molecule has 0 amide bonds. The maximum atomic E-state index is 10.8. The molecule has 1 aromatic rings. The van der Waals surface area contributed by atoms with Gasteiger partial charge in [0.1, 0.15) is 0 Å². The van der Waals surface area contributed by atoms with Gasteiger partial charge >= 0.3 is 5.97 Å². The summed E-state index contributed by atoms with van der Waals surface area (Å²) in [4.78, 5) is 10.8. The molecule has 78 valence electrons. The first-order valence-electron chi connectivity index (χ1n) is 4.24. The number of nitrogens with zero attached hydrogens (tertiary/aromatic N) is 2. The fourth-order valence-electron chi connectivity index (χ4n) is 1.27. The van der Waals surface area contributed by atoms with Gasteiger partial charge in [0.25, 0.3) is 0 Å². The summed E-state index contributed by atoms with van der Waals surface area (Å²) in [6, 6.07) is 0. The Morgan fingerprint density at radius 2 is 2.00 bits per heavy atom. The number of rotatable bonds is 1. The van der Waals surface area contributed by atoms with Crippen LogP contribution in [0.4, 0.5) is 0 Å². The molecule has 0 aromatic carbocycles. The first kappa shape index (κ1) is 11.2. The lowest BCUT2D eigenvalue weighted by molar-refractivity contribution is 0.0687. The summed E-state index contributed by atoms with van der Waals surface area (Å²) in [6.45, 7) is 7.77. The van der Waals surface area contributed by atoms with Gasteiger partial charge in [-0.3, -0.25) is 4.68 Å². The van der Waals surface area contributed by atoms with E-state index in [4.69, 9.17) is 5.11 Å². The molecule has 5 heteroatoms. The molecule has 0 aliphatic rings. The molecule has 14 heavy (non-hydrogen) atoms. The van der Waals surface area contributed by atoms with E-state index in [0.717, 1.165) is 5.69 Å². The lowest BCUT2D eigenvalue weighted by Crippen LogP contribution is -2.24. The van der Waals surface area contributed by atoms with Crippen molar-refractivity contribution in [3.63, 3.8) is 0 Å². The number of halogens is 1. The SMILES string of the molecule is Cc1c(Br)c(C(=O)O)nn1C(C)(C)C. The monoisotopic (exact) mass is 260 g/mol. The number of hydrogen-bond donors (Lipinski definition) is 1. The maximum absolute atomic E-state index is 10.8. The summed E-state index contributed by atoms with van der Waals surface area (Å²) >= 11 is 3.23. The van der Waals surface area contributed by atoms with Crippen LogP contribution in [0.5, 0.6) is 0 Å². The first-order valence-corrected chi connectivity index (χ1v) is 5.03. The Hall–Kier alpha value is -0.840. The Bertz CT molecular complexity index is 377. The standard InChI is InChI=1S/C9H13BrN2O2/c1-5-6(10)7(8(13)14)11-12(5)9(2,3)4/h1-4H3,(H,13,14). The van der Waals surface area contributed by atoms with Crippen molar-refractivity contribution < 1.29 is 9.90 Å². The van der Waals surface area contributed by atoms with Crippen LogP contribution in [0.15, 0.2) is 4.47 Å². The van der Waals surface area contributed by atoms with E-state index in [9.17, 15) is 4.79 Å². The minimum Gasteiger partial charge on any atom is -0.476 e. The molecule has 0 aliphatic heterocycles. The van der Waals surface area contributed by atoms with E-state index in [2.05, 4.69) is 21.0 Å². The van der Waals surface area contributed by atoms with E-state index in [1.54, 1.807) is 4.68 Å². The molecule has 0 fully saturated rings. The molecular weight excluding hydrogens is 248 g/mol. The molecule has 0 spiro atoms. The van der Waals surface area contributed by atoms with Crippen molar-refractivity contribution in [1.29, 1.82) is 0 Å². The van der Waals surface area contributed by atoms with Crippen LogP contribution in [-0.4, -0.2) is 20.9 Å². The lowest BCUT2D eigenvalue weighted by Gasteiger charge is -2.21. The first-order chi connectivity index (χ1) is 6.25. The quantitative estimate of drug-likeness (QED) is 0.844. The molecule has 0 saturated heterocycles. The van der Waals surface area contributed by atoms with Crippen LogP contribution in [0.25, 0.3) is 0 Å². The molecular formula is C9H13BrN2O2. The van der Waals surface area contributed by atoms with Crippen molar-refractivity contribution in [2.24, 2.45) is 0 Å². The van der Waals surface area contributed by atoms with Gasteiger partial charge in [-0.25, -0.2) is 4.79 Å². The van der Waals surface area contributed by atoms with E-state index < -0.39 is 5.97 Å². The predicted molar refractivity (Wildman–Crippen MR) is 56.6 cm³/mol. The van der Waals surface area contributed by atoms with Gasteiger partial charge in [-0.05, 0) is 43.6 Å². The van der Waals surface area contributed by atoms with Crippen LogP contribution < -0.4 is 0 Å². The average Bonchev–Trinajstić information content (AvgIpc) is 2.28. The molecule has 0 bridgehead atoms. The molecule has 0 aliphatic carbocycles. The second-order valence-electron chi connectivity index (χ2n) is 4.14. The Labute approximate surface area is 91.1 Å². The van der Waals surface area contributed by atoms with Gasteiger partial charge in [-0.1, -0.05) is 0 Å². The number of carbonyl (C=O) groups is 1. The number of aromatic nitrogens is 2. The minimum absolute atomic E-state index is 0.0671. The average molecular weight is 261 g/mol. The number of aromatic carboxylic acids is 1. The van der Waals surface area contributed by atoms with Crippen molar-refractivity contribution >= 4 is 21.9 Å². The third-order valence-corrected chi connectivity index (χ3v) is 2.83. The van der Waals surface area contributed by atoms with Crippen molar-refractivity contribution in [3.05, 3.63) is 15.9 Å². The van der Waals surface area contributed by atoms with Crippen LogP contribution in [0, 0.1) is 6.92 Å². The van der Waals surface area contributed by atoms with Crippen molar-refractivity contribution in [2.75, 3.05) is 0 Å². The summed E-state index contributed by atoms with van der Waals surface area (Å²) < 4.78 is 2.26. The summed E-state index contributed by atoms with van der Waals surface area (Å²) in [7, 11) is 0. The van der Waals surface area contributed by atoms with Crippen LogP contribution >= 0.6 is 15.9 Å². The molecule has 1 aromatic heterocycles. The smallest absolute Gasteiger partial charge is 0.357 e. The molecule has 1 rings (SSSR count). The third-order valence-electron chi connectivity index (χ3n) is 1.88. The molecule has 0 atom stereocenters. The fourth-order valence-corrected chi connectivity index (χ4v) is 1.69. The molecule has 0 unspecified atom stereocenters. The van der Waals surface area contributed by atoms with Gasteiger partial charge in [0.15, 0.2) is 5.69 Å². The van der Waals surface area contributed by atoms with Crippen molar-refractivity contribution in [2.45, 2.75) is 33.2 Å². The largest absolute Gasteiger partial charge is 0.476 e. The zero-order valence-electron chi connectivity index (χ0n) is 8.63. The van der Waals surface area contributed by atoms with Crippen LogP contribution in [0.1, 0.15) is 37.0 Å². The summed E-state index contributed by atoms with van der Waals surface area (Å²) in [6.07, 6.45) is 0. The lowest BCUT2D eigenvalue weighted by atomic mass is 10.1. The van der Waals surface area contributed by atoms with Crippen molar-refractivity contribution in [3.8, 4) is 0 Å². The zero-order chi connectivity index (χ0) is 11.1. The Kier molecular flexibility index (Phi) is 2.71. The fraction of sp³-hybridized carbons (Fsp3) is 0.556. The van der Waals surface area contributed by atoms with Crippen LogP contribution in [0.3, 0.4) is 0 Å². The normalized spacial score (nSPS) is 11.8. The van der Waals surface area contributed by atoms with Crippen molar-refractivity contribution in [1.82, 2.24) is 9.78 Å². The molecule has 0 saturated carbocycles. The van der Waals surface area contributed by atoms with E-state index in [1.165, 1.54) is 0 Å². The van der Waals surface area contributed by atoms with E-state index in [1.807, 2.05) is 27.7 Å². The maximum Gasteiger partial charge on any atom is 0.357 e. The highest BCUT2D eigenvalue weighted by atomic mass is 79.9. The molecule has 1 N–H and O–H groups in total. The van der Waals surface area contributed by atoms with Gasteiger partial charge in [0.05, 0.1) is 15.7 Å². The minimum atomic E-state index is -1.01. The summed E-state index contributed by atoms with van der Waals surface area (Å²) in [5.74, 6) is -1.01. The second-order valence-corrected chi connectivity index (χ2v) is 4.93. The summed E-state index contributed by atoms with van der Waals surface area (Å²) in [5.41, 5.74) is 0.688.